The number of aromatic nitrogens is 2. The predicted octanol–water partition coefficient (Wildman–Crippen LogP) is 3.43. The Bertz CT molecular complexity index is 687. The second-order valence-electron chi connectivity index (χ2n) is 6.13. The van der Waals surface area contributed by atoms with E-state index in [4.69, 9.17) is 0 Å². The Balaban J connectivity index is 1.83. The molecular weight excluding hydrogens is 320 g/mol. The summed E-state index contributed by atoms with van der Waals surface area (Å²) < 4.78 is 0. The third kappa shape index (κ3) is 5.77. The van der Waals surface area contributed by atoms with E-state index in [2.05, 4.69) is 46.5 Å². The highest BCUT2D eigenvalue weighted by Gasteiger charge is 2.21. The van der Waals surface area contributed by atoms with Crippen molar-refractivity contribution in [2.24, 2.45) is 5.10 Å². The van der Waals surface area contributed by atoms with Crippen molar-refractivity contribution in [1.29, 1.82) is 0 Å². The Hall–Kier alpha value is -2.21. The van der Waals surface area contributed by atoms with E-state index < -0.39 is 0 Å². The maximum absolute atomic E-state index is 11.9. The zero-order valence-electron chi connectivity index (χ0n) is 14.2. The number of nitrogens with one attached hydrogen (secondary N) is 1. The van der Waals surface area contributed by atoms with Crippen LogP contribution in [0.2, 0.25) is 0 Å². The summed E-state index contributed by atoms with van der Waals surface area (Å²) in [5.74, 6) is 0.0763. The van der Waals surface area contributed by atoms with Gasteiger partial charge in [-0.2, -0.15) is 5.10 Å². The Labute approximate surface area is 147 Å². The molecule has 1 aromatic heterocycles. The maximum atomic E-state index is 11.9. The Morgan fingerprint density at radius 3 is 2.50 bits per heavy atom. The number of hydrogen-bond donors (Lipinski definition) is 1. The van der Waals surface area contributed by atoms with Gasteiger partial charge in [0, 0.05) is 18.1 Å². The van der Waals surface area contributed by atoms with Crippen molar-refractivity contribution in [3.63, 3.8) is 0 Å². The van der Waals surface area contributed by atoms with Crippen LogP contribution >= 0.6 is 11.8 Å². The lowest BCUT2D eigenvalue weighted by Crippen LogP contribution is -2.25. The number of nitrogens with zero attached hydrogens (tertiary/aromatic N) is 3. The molecule has 1 aromatic carbocycles. The molecule has 0 radical (unpaired) electrons. The molecular formula is C18H22N4OS. The predicted molar refractivity (Wildman–Crippen MR) is 98.1 cm³/mol. The van der Waals surface area contributed by atoms with Crippen molar-refractivity contribution in [2.75, 3.05) is 5.75 Å². The van der Waals surface area contributed by atoms with E-state index in [-0.39, 0.29) is 17.1 Å². The monoisotopic (exact) mass is 342 g/mol. The molecule has 5 nitrogen and oxygen atoms in total. The van der Waals surface area contributed by atoms with Crippen LogP contribution in [0.3, 0.4) is 0 Å². The summed E-state index contributed by atoms with van der Waals surface area (Å²) in [4.78, 5) is 20.0. The SMILES string of the molecule is C/C(CC(C)(C)c1ccccc1)=N/NC(=O)CSc1ncccn1. The van der Waals surface area contributed by atoms with E-state index in [0.717, 1.165) is 12.1 Å². The van der Waals surface area contributed by atoms with Gasteiger partial charge in [0.05, 0.1) is 5.75 Å². The maximum Gasteiger partial charge on any atom is 0.250 e. The molecule has 1 heterocycles. The highest BCUT2D eigenvalue weighted by atomic mass is 32.2. The van der Waals surface area contributed by atoms with E-state index in [1.807, 2.05) is 25.1 Å². The number of hydrazone groups is 1. The van der Waals surface area contributed by atoms with Gasteiger partial charge in [-0.3, -0.25) is 4.79 Å². The average molecular weight is 342 g/mol. The normalized spacial score (nSPS) is 12.0. The van der Waals surface area contributed by atoms with Crippen molar-refractivity contribution < 1.29 is 4.79 Å². The molecule has 0 atom stereocenters. The summed E-state index contributed by atoms with van der Waals surface area (Å²) in [5, 5.41) is 4.79. The van der Waals surface area contributed by atoms with Crippen molar-refractivity contribution in [1.82, 2.24) is 15.4 Å². The topological polar surface area (TPSA) is 67.2 Å². The molecule has 126 valence electrons. The highest BCUT2D eigenvalue weighted by molar-refractivity contribution is 7.99. The van der Waals surface area contributed by atoms with Crippen LogP contribution in [0.25, 0.3) is 0 Å². The molecule has 2 rings (SSSR count). The number of amides is 1. The van der Waals surface area contributed by atoms with Crippen LogP contribution in [0.1, 0.15) is 32.8 Å². The molecule has 1 N–H and O–H groups in total. The van der Waals surface area contributed by atoms with E-state index in [1.54, 1.807) is 18.5 Å². The first-order chi connectivity index (χ1) is 11.5. The largest absolute Gasteiger partial charge is 0.272 e. The fourth-order valence-corrected chi connectivity index (χ4v) is 2.95. The first-order valence-corrected chi connectivity index (χ1v) is 8.73. The number of carbonyl (C=O) groups is 1. The van der Waals surface area contributed by atoms with Gasteiger partial charge in [-0.1, -0.05) is 55.9 Å². The van der Waals surface area contributed by atoms with Crippen LogP contribution in [-0.2, 0) is 10.2 Å². The lowest BCUT2D eigenvalue weighted by molar-refractivity contribution is -0.118. The van der Waals surface area contributed by atoms with Gasteiger partial charge in [-0.15, -0.1) is 0 Å². The summed E-state index contributed by atoms with van der Waals surface area (Å²) >= 11 is 1.29. The van der Waals surface area contributed by atoms with E-state index in [9.17, 15) is 4.79 Å². The summed E-state index contributed by atoms with van der Waals surface area (Å²) in [6.45, 7) is 6.27. The Kier molecular flexibility index (Phi) is 6.49. The van der Waals surface area contributed by atoms with Crippen molar-refractivity contribution in [2.45, 2.75) is 37.8 Å². The van der Waals surface area contributed by atoms with Crippen LogP contribution in [0.4, 0.5) is 0 Å². The van der Waals surface area contributed by atoms with Gasteiger partial charge in [-0.25, -0.2) is 15.4 Å². The summed E-state index contributed by atoms with van der Waals surface area (Å²) in [6, 6.07) is 12.0. The quantitative estimate of drug-likeness (QED) is 0.362. The first-order valence-electron chi connectivity index (χ1n) is 7.75. The molecule has 0 aliphatic heterocycles. The average Bonchev–Trinajstić information content (AvgIpc) is 2.59. The molecule has 0 fully saturated rings. The van der Waals surface area contributed by atoms with Gasteiger partial charge in [0.15, 0.2) is 5.16 Å². The van der Waals surface area contributed by atoms with E-state index >= 15 is 0 Å². The number of hydrogen-bond acceptors (Lipinski definition) is 5. The van der Waals surface area contributed by atoms with Crippen LogP contribution in [0.5, 0.6) is 0 Å². The second kappa shape index (κ2) is 8.59. The van der Waals surface area contributed by atoms with Crippen LogP contribution < -0.4 is 5.43 Å². The van der Waals surface area contributed by atoms with Gasteiger partial charge in [0.1, 0.15) is 0 Å². The molecule has 1 amide bonds. The molecule has 0 unspecified atom stereocenters. The molecule has 0 bridgehead atoms. The van der Waals surface area contributed by atoms with Crippen LogP contribution in [-0.4, -0.2) is 27.3 Å². The molecule has 2 aromatic rings. The van der Waals surface area contributed by atoms with Crippen molar-refractivity contribution >= 4 is 23.4 Å². The smallest absolute Gasteiger partial charge is 0.250 e. The van der Waals surface area contributed by atoms with Gasteiger partial charge in [0.2, 0.25) is 0 Å². The lowest BCUT2D eigenvalue weighted by atomic mass is 9.80. The van der Waals surface area contributed by atoms with Gasteiger partial charge < -0.3 is 0 Å². The van der Waals surface area contributed by atoms with Gasteiger partial charge in [-0.05, 0) is 30.4 Å². The van der Waals surface area contributed by atoms with Crippen molar-refractivity contribution in [3.05, 3.63) is 54.4 Å². The number of carbonyl (C=O) groups excluding carboxylic acids is 1. The molecule has 0 aliphatic rings. The summed E-state index contributed by atoms with van der Waals surface area (Å²) in [5.41, 5.74) is 4.70. The molecule has 0 saturated carbocycles. The molecule has 6 heteroatoms. The van der Waals surface area contributed by atoms with Gasteiger partial charge >= 0.3 is 0 Å². The van der Waals surface area contributed by atoms with Gasteiger partial charge in [0.25, 0.3) is 5.91 Å². The summed E-state index contributed by atoms with van der Waals surface area (Å²) in [7, 11) is 0. The highest BCUT2D eigenvalue weighted by Crippen LogP contribution is 2.27. The Morgan fingerprint density at radius 1 is 1.17 bits per heavy atom. The lowest BCUT2D eigenvalue weighted by Gasteiger charge is -2.25. The third-order valence-electron chi connectivity index (χ3n) is 3.50. The molecule has 0 saturated heterocycles. The molecule has 24 heavy (non-hydrogen) atoms. The minimum absolute atomic E-state index is 0.0355. The van der Waals surface area contributed by atoms with Crippen molar-refractivity contribution in [3.8, 4) is 0 Å². The van der Waals surface area contributed by atoms with E-state index in [0.29, 0.717) is 5.16 Å². The van der Waals surface area contributed by atoms with Crippen LogP contribution in [0.15, 0.2) is 59.0 Å². The zero-order valence-corrected chi connectivity index (χ0v) is 15.0. The number of rotatable bonds is 7. The minimum atomic E-state index is -0.163. The third-order valence-corrected chi connectivity index (χ3v) is 4.37. The minimum Gasteiger partial charge on any atom is -0.272 e. The second-order valence-corrected chi connectivity index (χ2v) is 7.07. The summed E-state index contributed by atoms with van der Waals surface area (Å²) in [6.07, 6.45) is 4.08. The number of benzene rings is 1. The standard InChI is InChI=1S/C18H22N4OS/c1-14(12-18(2,3)15-8-5-4-6-9-15)21-22-16(23)13-24-17-19-10-7-11-20-17/h4-11H,12-13H2,1-3H3,(H,22,23)/b21-14-. The molecule has 0 aliphatic carbocycles. The molecule has 0 spiro atoms. The van der Waals surface area contributed by atoms with E-state index in [1.165, 1.54) is 17.3 Å². The zero-order chi connectivity index (χ0) is 17.4. The Morgan fingerprint density at radius 2 is 1.83 bits per heavy atom. The van der Waals surface area contributed by atoms with Crippen LogP contribution in [0, 0.1) is 0 Å². The first kappa shape index (κ1) is 18.1. The fourth-order valence-electron chi connectivity index (χ4n) is 2.35. The fraction of sp³-hybridized carbons (Fsp3) is 0.333. The number of thioether (sulfide) groups is 1.